The normalized spacial score (nSPS) is 16.4. The van der Waals surface area contributed by atoms with Gasteiger partial charge in [0, 0.05) is 37.4 Å². The number of benzene rings is 2. The quantitative estimate of drug-likeness (QED) is 0.324. The maximum atomic E-state index is 13.8. The molecule has 0 N–H and O–H groups in total. The lowest BCUT2D eigenvalue weighted by Gasteiger charge is -2.38. The summed E-state index contributed by atoms with van der Waals surface area (Å²) >= 11 is 0. The summed E-state index contributed by atoms with van der Waals surface area (Å²) in [5, 5.41) is 0. The summed E-state index contributed by atoms with van der Waals surface area (Å²) in [7, 11) is 0. The molecule has 1 aliphatic heterocycles. The summed E-state index contributed by atoms with van der Waals surface area (Å²) in [4.78, 5) is 30.7. The highest BCUT2D eigenvalue weighted by molar-refractivity contribution is 5.80. The first-order valence-corrected chi connectivity index (χ1v) is 14.3. The molecule has 1 atom stereocenters. The Hall–Kier alpha value is -3.02. The van der Waals surface area contributed by atoms with E-state index >= 15 is 0 Å². The van der Waals surface area contributed by atoms with E-state index in [0.29, 0.717) is 24.8 Å². The molecule has 1 heterocycles. The van der Waals surface area contributed by atoms with E-state index in [1.807, 2.05) is 49.9 Å². The second-order valence-corrected chi connectivity index (χ2v) is 12.9. The van der Waals surface area contributed by atoms with Crippen molar-refractivity contribution in [2.45, 2.75) is 105 Å². The molecular formula is C33H48N2O4. The smallest absolute Gasteiger partial charge is 0.350 e. The molecule has 0 unspecified atom stereocenters. The molecule has 6 heteroatoms. The van der Waals surface area contributed by atoms with E-state index in [1.54, 1.807) is 13.8 Å². The lowest BCUT2D eigenvalue weighted by Crippen LogP contribution is -2.47. The van der Waals surface area contributed by atoms with Crippen LogP contribution in [-0.4, -0.2) is 47.1 Å². The van der Waals surface area contributed by atoms with E-state index in [4.69, 9.17) is 9.47 Å². The monoisotopic (exact) mass is 536 g/mol. The molecule has 214 valence electrons. The van der Waals surface area contributed by atoms with Gasteiger partial charge in [-0.1, -0.05) is 44.2 Å². The maximum absolute atomic E-state index is 13.8. The Bertz CT molecular complexity index is 1120. The van der Waals surface area contributed by atoms with Gasteiger partial charge in [-0.3, -0.25) is 4.79 Å². The fourth-order valence-corrected chi connectivity index (χ4v) is 4.85. The Morgan fingerprint density at radius 3 is 2.26 bits per heavy atom. The largest absolute Gasteiger partial charge is 0.476 e. The molecule has 39 heavy (non-hydrogen) atoms. The lowest BCUT2D eigenvalue weighted by molar-refractivity contribution is -0.170. The summed E-state index contributed by atoms with van der Waals surface area (Å²) in [5.74, 6) is 0.824. The zero-order chi connectivity index (χ0) is 29.0. The first kappa shape index (κ1) is 30.5. The maximum Gasteiger partial charge on any atom is 0.350 e. The van der Waals surface area contributed by atoms with Crippen LogP contribution in [0.25, 0.3) is 0 Å². The molecule has 0 radical (unpaired) electrons. The Balaban J connectivity index is 1.70. The predicted octanol–water partition coefficient (Wildman–Crippen LogP) is 6.96. The molecule has 0 saturated carbocycles. The molecule has 0 spiro atoms. The van der Waals surface area contributed by atoms with Gasteiger partial charge in [-0.25, -0.2) is 4.79 Å². The van der Waals surface area contributed by atoms with E-state index in [0.717, 1.165) is 30.6 Å². The van der Waals surface area contributed by atoms with Crippen LogP contribution in [0.1, 0.15) is 92.2 Å². The minimum Gasteiger partial charge on any atom is -0.476 e. The van der Waals surface area contributed by atoms with Gasteiger partial charge in [0.15, 0.2) is 5.60 Å². The van der Waals surface area contributed by atoms with Crippen molar-refractivity contribution in [3.05, 3.63) is 59.7 Å². The molecule has 2 aromatic carbocycles. The molecule has 3 rings (SSSR count). The van der Waals surface area contributed by atoms with E-state index in [2.05, 4.69) is 56.9 Å². The number of anilines is 1. The molecule has 1 amide bonds. The predicted molar refractivity (Wildman–Crippen MR) is 158 cm³/mol. The minimum atomic E-state index is -1.13. The first-order chi connectivity index (χ1) is 18.2. The zero-order valence-electron chi connectivity index (χ0n) is 25.4. The standard InChI is InChI=1S/C33H48N2O4/c1-23(2)26-17-15-25(16-18-26)21-35(24(3)4)30(36)27-12-11-19-34(22-27)28-13-10-14-29(20-28)38-33(8,9)31(37)39-32(5,6)7/h10,13-18,20,23-24,27H,11-12,19,21-22H2,1-9H3/t27-/m1/s1. The highest BCUT2D eigenvalue weighted by Gasteiger charge is 2.35. The summed E-state index contributed by atoms with van der Waals surface area (Å²) in [5.41, 5.74) is 1.75. The molecule has 6 nitrogen and oxygen atoms in total. The molecule has 0 aromatic heterocycles. The number of hydrogen-bond donors (Lipinski definition) is 0. The number of carbonyl (C=O) groups excluding carboxylic acids is 2. The summed E-state index contributed by atoms with van der Waals surface area (Å²) in [6.45, 7) is 19.7. The van der Waals surface area contributed by atoms with Crippen LogP contribution in [0.4, 0.5) is 5.69 Å². The van der Waals surface area contributed by atoms with Crippen molar-refractivity contribution in [2.24, 2.45) is 5.92 Å². The fourth-order valence-electron chi connectivity index (χ4n) is 4.85. The third-order valence-electron chi connectivity index (χ3n) is 7.12. The zero-order valence-corrected chi connectivity index (χ0v) is 25.4. The van der Waals surface area contributed by atoms with Crippen LogP contribution >= 0.6 is 0 Å². The van der Waals surface area contributed by atoms with Crippen molar-refractivity contribution in [1.29, 1.82) is 0 Å². The van der Waals surface area contributed by atoms with Crippen molar-refractivity contribution in [3.8, 4) is 5.75 Å². The van der Waals surface area contributed by atoms with Gasteiger partial charge >= 0.3 is 5.97 Å². The van der Waals surface area contributed by atoms with E-state index in [-0.39, 0.29) is 17.9 Å². The minimum absolute atomic E-state index is 0.0705. The molecule has 2 aromatic rings. The topological polar surface area (TPSA) is 59.1 Å². The Labute approximate surface area is 235 Å². The Morgan fingerprint density at radius 1 is 1.00 bits per heavy atom. The first-order valence-electron chi connectivity index (χ1n) is 14.3. The molecule has 1 fully saturated rings. The molecule has 0 aliphatic carbocycles. The van der Waals surface area contributed by atoms with Crippen LogP contribution in [-0.2, 0) is 20.9 Å². The fraction of sp³-hybridized carbons (Fsp3) is 0.576. The molecule has 1 aliphatic rings. The highest BCUT2D eigenvalue weighted by Crippen LogP contribution is 2.30. The van der Waals surface area contributed by atoms with E-state index in [1.165, 1.54) is 5.56 Å². The van der Waals surface area contributed by atoms with Crippen molar-refractivity contribution in [3.63, 3.8) is 0 Å². The molecule has 1 saturated heterocycles. The third kappa shape index (κ3) is 8.48. The average Bonchev–Trinajstić information content (AvgIpc) is 2.86. The SMILES string of the molecule is CC(C)c1ccc(CN(C(=O)[C@@H]2CCCN(c3cccc(OC(C)(C)C(=O)OC(C)(C)C)c3)C2)C(C)C)cc1. The van der Waals surface area contributed by atoms with Crippen molar-refractivity contribution >= 4 is 17.6 Å². The van der Waals surface area contributed by atoms with Crippen LogP contribution in [0.15, 0.2) is 48.5 Å². The lowest BCUT2D eigenvalue weighted by atomic mass is 9.95. The number of hydrogen-bond acceptors (Lipinski definition) is 5. The van der Waals surface area contributed by atoms with E-state index in [9.17, 15) is 9.59 Å². The number of carbonyl (C=O) groups is 2. The van der Waals surface area contributed by atoms with Crippen molar-refractivity contribution < 1.29 is 19.1 Å². The number of amides is 1. The molecule has 0 bridgehead atoms. The van der Waals surface area contributed by atoms with Gasteiger partial charge in [0.25, 0.3) is 0 Å². The van der Waals surface area contributed by atoms with Crippen molar-refractivity contribution in [1.82, 2.24) is 4.90 Å². The average molecular weight is 537 g/mol. The summed E-state index contributed by atoms with van der Waals surface area (Å²) in [6, 6.07) is 16.5. The van der Waals surface area contributed by atoms with Crippen molar-refractivity contribution in [2.75, 3.05) is 18.0 Å². The summed E-state index contributed by atoms with van der Waals surface area (Å²) < 4.78 is 11.6. The Morgan fingerprint density at radius 2 is 1.67 bits per heavy atom. The second kappa shape index (κ2) is 12.4. The van der Waals surface area contributed by atoms with Crippen LogP contribution in [0.2, 0.25) is 0 Å². The number of nitrogens with zero attached hydrogens (tertiary/aromatic N) is 2. The van der Waals surface area contributed by atoms with Gasteiger partial charge in [0.05, 0.1) is 5.92 Å². The van der Waals surface area contributed by atoms with Gasteiger partial charge in [0.2, 0.25) is 5.91 Å². The van der Waals surface area contributed by atoms with Crippen LogP contribution in [0, 0.1) is 5.92 Å². The van der Waals surface area contributed by atoms with Crippen LogP contribution in [0.3, 0.4) is 0 Å². The molecular weight excluding hydrogens is 488 g/mol. The number of rotatable bonds is 9. The van der Waals surface area contributed by atoms with Crippen LogP contribution in [0.5, 0.6) is 5.75 Å². The van der Waals surface area contributed by atoms with Gasteiger partial charge in [-0.05, 0) is 90.5 Å². The van der Waals surface area contributed by atoms with Gasteiger partial charge in [-0.15, -0.1) is 0 Å². The third-order valence-corrected chi connectivity index (χ3v) is 7.12. The summed E-state index contributed by atoms with van der Waals surface area (Å²) in [6.07, 6.45) is 1.83. The highest BCUT2D eigenvalue weighted by atomic mass is 16.6. The Kier molecular flexibility index (Phi) is 9.74. The second-order valence-electron chi connectivity index (χ2n) is 12.9. The van der Waals surface area contributed by atoms with Gasteiger partial charge in [0.1, 0.15) is 11.4 Å². The number of ether oxygens (including phenoxy) is 2. The van der Waals surface area contributed by atoms with Gasteiger partial charge in [-0.2, -0.15) is 0 Å². The van der Waals surface area contributed by atoms with E-state index < -0.39 is 17.2 Å². The van der Waals surface area contributed by atoms with Gasteiger partial charge < -0.3 is 19.3 Å². The van der Waals surface area contributed by atoms with Crippen LogP contribution < -0.4 is 9.64 Å². The number of esters is 1. The number of piperidine rings is 1.